The van der Waals surface area contributed by atoms with Gasteiger partial charge in [-0.2, -0.15) is 0 Å². The molecule has 1 unspecified atom stereocenters. The van der Waals surface area contributed by atoms with Crippen LogP contribution in [-0.2, 0) is 19.1 Å². The SMILES string of the molecule is CCOC(=O)C(C(=O)OCC)C(C)c1ccccc1. The molecule has 1 rings (SSSR count). The minimum atomic E-state index is -0.915. The Balaban J connectivity index is 2.95. The van der Waals surface area contributed by atoms with Crippen LogP contribution < -0.4 is 0 Å². The normalized spacial score (nSPS) is 12.0. The molecule has 0 saturated carbocycles. The smallest absolute Gasteiger partial charge is 0.320 e. The number of hydrogen-bond acceptors (Lipinski definition) is 4. The fraction of sp³-hybridized carbons (Fsp3) is 0.467. The van der Waals surface area contributed by atoms with E-state index in [0.717, 1.165) is 5.56 Å². The number of carbonyl (C=O) groups excluding carboxylic acids is 2. The molecule has 0 aromatic heterocycles. The minimum absolute atomic E-state index is 0.246. The molecule has 4 heteroatoms. The summed E-state index contributed by atoms with van der Waals surface area (Å²) >= 11 is 0. The molecular weight excluding hydrogens is 244 g/mol. The summed E-state index contributed by atoms with van der Waals surface area (Å²) in [5.74, 6) is -2.25. The standard InChI is InChI=1S/C15H20O4/c1-4-18-14(16)13(15(17)19-5-2)11(3)12-9-7-6-8-10-12/h6-11,13H,4-5H2,1-3H3. The first-order chi connectivity index (χ1) is 9.11. The molecule has 0 N–H and O–H groups in total. The van der Waals surface area contributed by atoms with E-state index in [1.54, 1.807) is 13.8 Å². The van der Waals surface area contributed by atoms with E-state index in [2.05, 4.69) is 0 Å². The average Bonchev–Trinajstić information content (AvgIpc) is 2.40. The number of hydrogen-bond donors (Lipinski definition) is 0. The fourth-order valence-corrected chi connectivity index (χ4v) is 1.92. The third kappa shape index (κ3) is 4.09. The summed E-state index contributed by atoms with van der Waals surface area (Å²) < 4.78 is 9.95. The molecule has 0 radical (unpaired) electrons. The van der Waals surface area contributed by atoms with Gasteiger partial charge in [-0.15, -0.1) is 0 Å². The van der Waals surface area contributed by atoms with Gasteiger partial charge < -0.3 is 9.47 Å². The van der Waals surface area contributed by atoms with Crippen LogP contribution >= 0.6 is 0 Å². The van der Waals surface area contributed by atoms with Crippen molar-refractivity contribution in [3.05, 3.63) is 35.9 Å². The van der Waals surface area contributed by atoms with Crippen molar-refractivity contribution in [2.75, 3.05) is 13.2 Å². The summed E-state index contributed by atoms with van der Waals surface area (Å²) in [4.78, 5) is 23.9. The molecule has 4 nitrogen and oxygen atoms in total. The van der Waals surface area contributed by atoms with Gasteiger partial charge in [0.15, 0.2) is 5.92 Å². The molecular formula is C15H20O4. The van der Waals surface area contributed by atoms with E-state index in [1.807, 2.05) is 37.3 Å². The predicted molar refractivity (Wildman–Crippen MR) is 71.6 cm³/mol. The second-order valence-electron chi connectivity index (χ2n) is 4.18. The lowest BCUT2D eigenvalue weighted by Gasteiger charge is -2.21. The van der Waals surface area contributed by atoms with Crippen LogP contribution in [0.2, 0.25) is 0 Å². The molecule has 0 aliphatic heterocycles. The highest BCUT2D eigenvalue weighted by Crippen LogP contribution is 2.26. The van der Waals surface area contributed by atoms with E-state index in [-0.39, 0.29) is 19.1 Å². The topological polar surface area (TPSA) is 52.6 Å². The zero-order valence-electron chi connectivity index (χ0n) is 11.6. The van der Waals surface area contributed by atoms with Gasteiger partial charge >= 0.3 is 11.9 Å². The van der Waals surface area contributed by atoms with Crippen LogP contribution in [0.4, 0.5) is 0 Å². The van der Waals surface area contributed by atoms with E-state index in [0.29, 0.717) is 0 Å². The minimum Gasteiger partial charge on any atom is -0.465 e. The second-order valence-corrected chi connectivity index (χ2v) is 4.18. The molecule has 19 heavy (non-hydrogen) atoms. The lowest BCUT2D eigenvalue weighted by atomic mass is 9.87. The van der Waals surface area contributed by atoms with Gasteiger partial charge in [0.2, 0.25) is 0 Å². The molecule has 0 amide bonds. The Kier molecular flexibility index (Phi) is 6.06. The van der Waals surface area contributed by atoms with Gasteiger partial charge in [-0.25, -0.2) is 0 Å². The van der Waals surface area contributed by atoms with E-state index in [1.165, 1.54) is 0 Å². The Labute approximate surface area is 113 Å². The van der Waals surface area contributed by atoms with Crippen molar-refractivity contribution in [3.63, 3.8) is 0 Å². The quantitative estimate of drug-likeness (QED) is 0.585. The van der Waals surface area contributed by atoms with Crippen LogP contribution in [0.25, 0.3) is 0 Å². The van der Waals surface area contributed by atoms with Crippen molar-refractivity contribution in [1.29, 1.82) is 0 Å². The Morgan fingerprint density at radius 3 is 1.89 bits per heavy atom. The Bertz CT molecular complexity index is 395. The third-order valence-electron chi connectivity index (χ3n) is 2.91. The van der Waals surface area contributed by atoms with Gasteiger partial charge in [0.1, 0.15) is 0 Å². The molecule has 0 fully saturated rings. The molecule has 104 valence electrons. The van der Waals surface area contributed by atoms with Crippen molar-refractivity contribution in [1.82, 2.24) is 0 Å². The molecule has 0 heterocycles. The van der Waals surface area contributed by atoms with Crippen LogP contribution in [0.1, 0.15) is 32.3 Å². The first-order valence-corrected chi connectivity index (χ1v) is 6.50. The summed E-state index contributed by atoms with van der Waals surface area (Å²) in [6, 6.07) is 9.41. The largest absolute Gasteiger partial charge is 0.465 e. The molecule has 1 aromatic carbocycles. The Morgan fingerprint density at radius 1 is 1.00 bits per heavy atom. The fourth-order valence-electron chi connectivity index (χ4n) is 1.92. The molecule has 0 spiro atoms. The third-order valence-corrected chi connectivity index (χ3v) is 2.91. The Morgan fingerprint density at radius 2 is 1.47 bits per heavy atom. The van der Waals surface area contributed by atoms with E-state index in [4.69, 9.17) is 9.47 Å². The summed E-state index contributed by atoms with van der Waals surface area (Å²) in [5.41, 5.74) is 0.911. The van der Waals surface area contributed by atoms with Crippen LogP contribution in [0, 0.1) is 5.92 Å². The highest BCUT2D eigenvalue weighted by atomic mass is 16.6. The van der Waals surface area contributed by atoms with Crippen molar-refractivity contribution >= 4 is 11.9 Å². The lowest BCUT2D eigenvalue weighted by Crippen LogP contribution is -2.32. The Hall–Kier alpha value is -1.84. The van der Waals surface area contributed by atoms with Crippen LogP contribution in [0.3, 0.4) is 0 Å². The van der Waals surface area contributed by atoms with E-state index in [9.17, 15) is 9.59 Å². The molecule has 0 bridgehead atoms. The summed E-state index contributed by atoms with van der Waals surface area (Å²) in [6.45, 7) is 5.75. The molecule has 1 aromatic rings. The highest BCUT2D eigenvalue weighted by Gasteiger charge is 2.35. The summed E-state index contributed by atoms with van der Waals surface area (Å²) in [6.07, 6.45) is 0. The van der Waals surface area contributed by atoms with Crippen LogP contribution in [0.15, 0.2) is 30.3 Å². The highest BCUT2D eigenvalue weighted by molar-refractivity contribution is 5.96. The maximum absolute atomic E-state index is 12.0. The number of carbonyl (C=O) groups is 2. The van der Waals surface area contributed by atoms with Gasteiger partial charge in [0, 0.05) is 5.92 Å². The van der Waals surface area contributed by atoms with Crippen molar-refractivity contribution in [3.8, 4) is 0 Å². The number of benzene rings is 1. The van der Waals surface area contributed by atoms with Crippen LogP contribution in [0.5, 0.6) is 0 Å². The molecule has 0 saturated heterocycles. The average molecular weight is 264 g/mol. The first kappa shape index (κ1) is 15.2. The van der Waals surface area contributed by atoms with Crippen molar-refractivity contribution in [2.45, 2.75) is 26.7 Å². The molecule has 0 aliphatic carbocycles. The summed E-state index contributed by atoms with van der Waals surface area (Å²) in [7, 11) is 0. The van der Waals surface area contributed by atoms with Crippen molar-refractivity contribution < 1.29 is 19.1 Å². The molecule has 0 aliphatic rings. The summed E-state index contributed by atoms with van der Waals surface area (Å²) in [5, 5.41) is 0. The maximum atomic E-state index is 12.0. The van der Waals surface area contributed by atoms with Gasteiger partial charge in [-0.05, 0) is 19.4 Å². The van der Waals surface area contributed by atoms with Gasteiger partial charge in [0.05, 0.1) is 13.2 Å². The van der Waals surface area contributed by atoms with Gasteiger partial charge in [-0.3, -0.25) is 9.59 Å². The number of ether oxygens (including phenoxy) is 2. The first-order valence-electron chi connectivity index (χ1n) is 6.50. The second kappa shape index (κ2) is 7.56. The van der Waals surface area contributed by atoms with Gasteiger partial charge in [0.25, 0.3) is 0 Å². The maximum Gasteiger partial charge on any atom is 0.320 e. The van der Waals surface area contributed by atoms with E-state index >= 15 is 0 Å². The lowest BCUT2D eigenvalue weighted by molar-refractivity contribution is -0.162. The predicted octanol–water partition coefficient (Wildman–Crippen LogP) is 2.53. The zero-order chi connectivity index (χ0) is 14.3. The number of esters is 2. The van der Waals surface area contributed by atoms with E-state index < -0.39 is 17.9 Å². The number of rotatable bonds is 6. The molecule has 1 atom stereocenters. The van der Waals surface area contributed by atoms with Crippen molar-refractivity contribution in [2.24, 2.45) is 5.92 Å². The van der Waals surface area contributed by atoms with Gasteiger partial charge in [-0.1, -0.05) is 37.3 Å². The zero-order valence-corrected chi connectivity index (χ0v) is 11.6. The monoisotopic (exact) mass is 264 g/mol. The van der Waals surface area contributed by atoms with Crippen LogP contribution in [-0.4, -0.2) is 25.2 Å².